The molecule has 1 aromatic rings. The van der Waals surface area contributed by atoms with Crippen molar-refractivity contribution in [3.63, 3.8) is 0 Å². The van der Waals surface area contributed by atoms with Gasteiger partial charge < -0.3 is 0 Å². The van der Waals surface area contributed by atoms with E-state index < -0.39 is 10.1 Å². The molecule has 0 atom stereocenters. The third kappa shape index (κ3) is 3.48. The van der Waals surface area contributed by atoms with Gasteiger partial charge in [0.05, 0.1) is 5.02 Å². The second-order valence-electron chi connectivity index (χ2n) is 2.56. The summed E-state index contributed by atoms with van der Waals surface area (Å²) in [7, 11) is 0. The van der Waals surface area contributed by atoms with Gasteiger partial charge in [0.2, 0.25) is 0 Å². The maximum absolute atomic E-state index is 13.0. The highest BCUT2D eigenvalue weighted by Gasteiger charge is 2.55. The maximum atomic E-state index is 13.0. The van der Waals surface area contributed by atoms with Gasteiger partial charge in [0.1, 0.15) is 4.60 Å². The van der Waals surface area contributed by atoms with Crippen LogP contribution in [0.4, 0.5) is 17.6 Å². The van der Waals surface area contributed by atoms with Crippen LogP contribution in [0, 0.1) is 0 Å². The third-order valence-corrected chi connectivity index (χ3v) is 4.25. The van der Waals surface area contributed by atoms with E-state index in [2.05, 4.69) is 20.9 Å². The molecule has 0 aromatic carbocycles. The SMILES string of the molecule is FC(F)(Br)C(F)(F)Sc1cc(Cl)cnc1Br. The van der Waals surface area contributed by atoms with Crippen LogP contribution in [0.25, 0.3) is 0 Å². The molecule has 0 fully saturated rings. The number of rotatable bonds is 3. The van der Waals surface area contributed by atoms with Crippen molar-refractivity contribution in [1.82, 2.24) is 4.98 Å². The van der Waals surface area contributed by atoms with E-state index in [4.69, 9.17) is 11.6 Å². The Bertz CT molecular complexity index is 398. The Labute approximate surface area is 114 Å². The molecule has 9 heteroatoms. The van der Waals surface area contributed by atoms with Crippen molar-refractivity contribution < 1.29 is 17.6 Å². The van der Waals surface area contributed by atoms with Crippen molar-refractivity contribution in [2.24, 2.45) is 0 Å². The zero-order valence-corrected chi connectivity index (χ0v) is 11.9. The van der Waals surface area contributed by atoms with Gasteiger partial charge in [-0.25, -0.2) is 4.98 Å². The zero-order chi connectivity index (χ0) is 12.6. The van der Waals surface area contributed by atoms with Crippen LogP contribution >= 0.6 is 55.2 Å². The standard InChI is InChI=1S/C7H2Br2ClF4NS/c8-5-4(1-3(10)2-15-5)16-7(13,14)6(9,11)12/h1-2H. The van der Waals surface area contributed by atoms with E-state index in [0.717, 1.165) is 6.07 Å². The molecule has 0 aliphatic carbocycles. The topological polar surface area (TPSA) is 12.9 Å². The average molecular weight is 403 g/mol. The van der Waals surface area contributed by atoms with Gasteiger partial charge in [-0.1, -0.05) is 11.6 Å². The lowest BCUT2D eigenvalue weighted by molar-refractivity contribution is -0.0779. The van der Waals surface area contributed by atoms with Crippen LogP contribution in [-0.2, 0) is 0 Å². The van der Waals surface area contributed by atoms with Crippen molar-refractivity contribution in [3.05, 3.63) is 21.9 Å². The fraction of sp³-hybridized carbons (Fsp3) is 0.286. The minimum absolute atomic E-state index is 0.0262. The highest BCUT2D eigenvalue weighted by Crippen LogP contribution is 2.51. The van der Waals surface area contributed by atoms with E-state index in [-0.39, 0.29) is 26.3 Å². The summed E-state index contributed by atoms with van der Waals surface area (Å²) in [5.41, 5.74) is 0. The van der Waals surface area contributed by atoms with Gasteiger partial charge in [-0.05, 0) is 49.7 Å². The molecule has 1 heterocycles. The highest BCUT2D eigenvalue weighted by molar-refractivity contribution is 9.10. The lowest BCUT2D eigenvalue weighted by Crippen LogP contribution is -2.31. The van der Waals surface area contributed by atoms with E-state index in [1.54, 1.807) is 15.9 Å². The number of nitrogens with zero attached hydrogens (tertiary/aromatic N) is 1. The molecule has 0 radical (unpaired) electrons. The first-order chi connectivity index (χ1) is 7.13. The Hall–Kier alpha value is 0.470. The van der Waals surface area contributed by atoms with E-state index >= 15 is 0 Å². The molecule has 16 heavy (non-hydrogen) atoms. The largest absolute Gasteiger partial charge is 0.373 e. The number of hydrogen-bond acceptors (Lipinski definition) is 2. The summed E-state index contributed by atoms with van der Waals surface area (Å²) in [5.74, 6) is 0. The van der Waals surface area contributed by atoms with Gasteiger partial charge in [-0.2, -0.15) is 17.6 Å². The minimum Gasteiger partial charge on any atom is -0.247 e. The van der Waals surface area contributed by atoms with Crippen molar-refractivity contribution in [1.29, 1.82) is 0 Å². The molecule has 0 saturated carbocycles. The Morgan fingerprint density at radius 3 is 2.38 bits per heavy atom. The predicted molar refractivity (Wildman–Crippen MR) is 61.6 cm³/mol. The number of halogens is 7. The summed E-state index contributed by atoms with van der Waals surface area (Å²) in [4.78, 5) is -0.868. The Balaban J connectivity index is 3.01. The summed E-state index contributed by atoms with van der Waals surface area (Å²) < 4.78 is 51.0. The molecular formula is C7H2Br2ClF4NS. The van der Waals surface area contributed by atoms with Gasteiger partial charge in [0, 0.05) is 11.1 Å². The molecule has 90 valence electrons. The van der Waals surface area contributed by atoms with Crippen LogP contribution in [0.1, 0.15) is 0 Å². The van der Waals surface area contributed by atoms with E-state index in [1.807, 2.05) is 0 Å². The van der Waals surface area contributed by atoms with E-state index in [0.29, 0.717) is 0 Å². The van der Waals surface area contributed by atoms with Gasteiger partial charge in [0.25, 0.3) is 0 Å². The van der Waals surface area contributed by atoms with Crippen molar-refractivity contribution >= 4 is 55.2 Å². The summed E-state index contributed by atoms with van der Waals surface area (Å²) >= 11 is 9.68. The predicted octanol–water partition coefficient (Wildman–Crippen LogP) is 5.17. The lowest BCUT2D eigenvalue weighted by Gasteiger charge is -2.20. The van der Waals surface area contributed by atoms with Crippen LogP contribution < -0.4 is 0 Å². The molecule has 0 aliphatic heterocycles. The third-order valence-electron chi connectivity index (χ3n) is 1.34. The fourth-order valence-electron chi connectivity index (χ4n) is 0.672. The van der Waals surface area contributed by atoms with Crippen molar-refractivity contribution in [3.8, 4) is 0 Å². The van der Waals surface area contributed by atoms with Gasteiger partial charge in [-0.3, -0.25) is 0 Å². The Morgan fingerprint density at radius 2 is 1.88 bits per heavy atom. The number of hydrogen-bond donors (Lipinski definition) is 0. The van der Waals surface area contributed by atoms with Crippen molar-refractivity contribution in [2.45, 2.75) is 15.0 Å². The molecule has 0 unspecified atom stereocenters. The second kappa shape index (κ2) is 4.99. The summed E-state index contributed by atoms with van der Waals surface area (Å²) in [6.45, 7) is 0. The molecule has 1 nitrogen and oxygen atoms in total. The van der Waals surface area contributed by atoms with Crippen LogP contribution in [-0.4, -0.2) is 15.1 Å². The lowest BCUT2D eigenvalue weighted by atomic mass is 10.5. The smallest absolute Gasteiger partial charge is 0.247 e. The van der Waals surface area contributed by atoms with Crippen LogP contribution in [0.2, 0.25) is 5.02 Å². The first kappa shape index (κ1) is 14.5. The normalized spacial score (nSPS) is 12.9. The molecule has 0 N–H and O–H groups in total. The number of pyridine rings is 1. The van der Waals surface area contributed by atoms with Gasteiger partial charge >= 0.3 is 10.1 Å². The fourth-order valence-corrected chi connectivity index (χ4v) is 2.31. The molecule has 1 aromatic heterocycles. The monoisotopic (exact) mass is 401 g/mol. The quantitative estimate of drug-likeness (QED) is 0.299. The molecule has 0 bridgehead atoms. The van der Waals surface area contributed by atoms with Crippen LogP contribution in [0.15, 0.2) is 21.8 Å². The van der Waals surface area contributed by atoms with Crippen molar-refractivity contribution in [2.75, 3.05) is 0 Å². The number of thioether (sulfide) groups is 1. The molecule has 0 aliphatic rings. The van der Waals surface area contributed by atoms with Crippen LogP contribution in [0.3, 0.4) is 0 Å². The first-order valence-corrected chi connectivity index (χ1v) is 6.36. The molecule has 1 rings (SSSR count). The number of aromatic nitrogens is 1. The molecule has 0 saturated heterocycles. The summed E-state index contributed by atoms with van der Waals surface area (Å²) in [6, 6.07) is 1.12. The van der Waals surface area contributed by atoms with Gasteiger partial charge in [0.15, 0.2) is 0 Å². The average Bonchev–Trinajstić information content (AvgIpc) is 2.09. The van der Waals surface area contributed by atoms with Gasteiger partial charge in [-0.15, -0.1) is 0 Å². The van der Waals surface area contributed by atoms with E-state index in [9.17, 15) is 17.6 Å². The number of alkyl halides is 5. The zero-order valence-electron chi connectivity index (χ0n) is 7.16. The first-order valence-electron chi connectivity index (χ1n) is 3.58. The summed E-state index contributed by atoms with van der Waals surface area (Å²) in [6.07, 6.45) is 1.21. The Morgan fingerprint density at radius 1 is 1.31 bits per heavy atom. The molecule has 0 amide bonds. The van der Waals surface area contributed by atoms with Crippen LogP contribution in [0.5, 0.6) is 0 Å². The summed E-state index contributed by atoms with van der Waals surface area (Å²) in [5, 5.41) is -4.22. The molecule has 0 spiro atoms. The highest BCUT2D eigenvalue weighted by atomic mass is 79.9. The Kier molecular flexibility index (Phi) is 4.53. The maximum Gasteiger partial charge on any atom is 0.373 e. The second-order valence-corrected chi connectivity index (χ2v) is 5.90. The van der Waals surface area contributed by atoms with E-state index in [1.165, 1.54) is 6.20 Å². The molecular weight excluding hydrogens is 401 g/mol. The minimum atomic E-state index is -4.31.